The summed E-state index contributed by atoms with van der Waals surface area (Å²) in [6, 6.07) is 5.20. The first-order valence-corrected chi connectivity index (χ1v) is 12.6. The number of nitrogens with zero attached hydrogens (tertiary/aromatic N) is 4. The third-order valence-electron chi connectivity index (χ3n) is 6.58. The molecular formula is C23H23N5O6S. The van der Waals surface area contributed by atoms with Crippen LogP contribution in [0, 0.1) is 5.41 Å². The normalized spacial score (nSPS) is 16.1. The zero-order valence-electron chi connectivity index (χ0n) is 19.1. The topological polar surface area (TPSA) is 131 Å². The molecule has 0 amide bonds. The quantitative estimate of drug-likeness (QED) is 0.409. The number of sulfonamides is 1. The maximum absolute atomic E-state index is 13.4. The molecule has 4 aromatic rings. The Hall–Kier alpha value is -3.80. The van der Waals surface area contributed by atoms with Crippen LogP contribution in [0.1, 0.15) is 24.0 Å². The highest BCUT2D eigenvalue weighted by Gasteiger charge is 2.47. The molecule has 3 aromatic heterocycles. The van der Waals surface area contributed by atoms with Crippen LogP contribution in [-0.2, 0) is 23.0 Å². The van der Waals surface area contributed by atoms with Crippen molar-refractivity contribution in [3.63, 3.8) is 0 Å². The van der Waals surface area contributed by atoms with Crippen molar-refractivity contribution in [1.29, 1.82) is 0 Å². The highest BCUT2D eigenvalue weighted by Crippen LogP contribution is 2.55. The fourth-order valence-corrected chi connectivity index (χ4v) is 5.87. The molecule has 0 saturated heterocycles. The van der Waals surface area contributed by atoms with Gasteiger partial charge in [-0.3, -0.25) is 9.40 Å². The van der Waals surface area contributed by atoms with Crippen molar-refractivity contribution in [1.82, 2.24) is 19.9 Å². The summed E-state index contributed by atoms with van der Waals surface area (Å²) in [7, 11) is -1.49. The van der Waals surface area contributed by atoms with Gasteiger partial charge < -0.3 is 18.7 Å². The van der Waals surface area contributed by atoms with Gasteiger partial charge in [-0.2, -0.15) is 5.10 Å². The van der Waals surface area contributed by atoms with Gasteiger partial charge in [0.1, 0.15) is 16.9 Å². The number of benzene rings is 1. The number of anilines is 1. The van der Waals surface area contributed by atoms with E-state index in [1.165, 1.54) is 26.5 Å². The highest BCUT2D eigenvalue weighted by molar-refractivity contribution is 7.93. The Balaban J connectivity index is 1.46. The molecule has 35 heavy (non-hydrogen) atoms. The Morgan fingerprint density at radius 1 is 1.23 bits per heavy atom. The summed E-state index contributed by atoms with van der Waals surface area (Å²) >= 11 is 0. The lowest BCUT2D eigenvalue weighted by Gasteiger charge is -2.27. The second-order valence-corrected chi connectivity index (χ2v) is 10.5. The fraction of sp³-hybridized carbons (Fsp3) is 0.348. The van der Waals surface area contributed by atoms with Crippen molar-refractivity contribution >= 4 is 26.8 Å². The van der Waals surface area contributed by atoms with Crippen LogP contribution in [0.4, 0.5) is 5.82 Å². The lowest BCUT2D eigenvalue weighted by Crippen LogP contribution is -2.24. The van der Waals surface area contributed by atoms with Crippen LogP contribution in [0.15, 0.2) is 46.2 Å². The third kappa shape index (κ3) is 3.64. The van der Waals surface area contributed by atoms with Gasteiger partial charge in [0, 0.05) is 35.6 Å². The minimum absolute atomic E-state index is 0.0293. The Bertz CT molecular complexity index is 1500. The summed E-state index contributed by atoms with van der Waals surface area (Å²) in [6.07, 6.45) is 8.08. The van der Waals surface area contributed by atoms with Gasteiger partial charge in [0.25, 0.3) is 10.0 Å². The molecule has 1 saturated carbocycles. The monoisotopic (exact) mass is 497 g/mol. The zero-order chi connectivity index (χ0) is 24.2. The molecule has 12 heteroatoms. The van der Waals surface area contributed by atoms with Gasteiger partial charge in [-0.25, -0.2) is 13.4 Å². The Morgan fingerprint density at radius 2 is 2.09 bits per heavy atom. The second-order valence-electron chi connectivity index (χ2n) is 8.87. The molecule has 0 radical (unpaired) electrons. The Labute approximate surface area is 201 Å². The Kier molecular flexibility index (Phi) is 4.88. The lowest BCUT2D eigenvalue weighted by molar-refractivity contribution is 0.209. The number of methoxy groups -OCH3 is 2. The van der Waals surface area contributed by atoms with Crippen LogP contribution >= 0.6 is 0 Å². The molecule has 2 aliphatic rings. The molecule has 1 aromatic carbocycles. The average molecular weight is 498 g/mol. The van der Waals surface area contributed by atoms with E-state index in [2.05, 4.69) is 20.0 Å². The van der Waals surface area contributed by atoms with Crippen molar-refractivity contribution in [3.05, 3.63) is 47.9 Å². The van der Waals surface area contributed by atoms with Crippen molar-refractivity contribution < 1.29 is 27.2 Å². The maximum Gasteiger partial charge on any atom is 0.272 e. The maximum atomic E-state index is 13.4. The number of rotatable bonds is 7. The number of nitrogens with one attached hydrogen (secondary N) is 1. The summed E-state index contributed by atoms with van der Waals surface area (Å²) in [4.78, 5) is 3.77. The second kappa shape index (κ2) is 7.87. The van der Waals surface area contributed by atoms with Gasteiger partial charge in [0.05, 0.1) is 27.4 Å². The standard InChI is InChI=1S/C23H23N5O6S/c1-31-16-4-8-24-22(32-2)20(16)35(29,30)27-21-18-17(34-26-21)10-14(12-28-9-3-7-25-28)15-11-23(5-6-23)13-33-19(15)18/h3-4,7-10H,5-6,11-13H2,1-2H3,(H,26,27). The van der Waals surface area contributed by atoms with Crippen LogP contribution < -0.4 is 18.9 Å². The van der Waals surface area contributed by atoms with Gasteiger partial charge in [-0.15, -0.1) is 0 Å². The van der Waals surface area contributed by atoms with Crippen LogP contribution in [0.3, 0.4) is 0 Å². The van der Waals surface area contributed by atoms with E-state index in [0.29, 0.717) is 29.9 Å². The van der Waals surface area contributed by atoms with E-state index >= 15 is 0 Å². The fourth-order valence-electron chi connectivity index (χ4n) is 4.59. The molecule has 0 atom stereocenters. The molecule has 0 unspecified atom stereocenters. The predicted molar refractivity (Wildman–Crippen MR) is 124 cm³/mol. The summed E-state index contributed by atoms with van der Waals surface area (Å²) in [6.45, 7) is 1.11. The number of pyridine rings is 1. The molecule has 11 nitrogen and oxygen atoms in total. The van der Waals surface area contributed by atoms with Gasteiger partial charge in [-0.05, 0) is 37.0 Å². The van der Waals surface area contributed by atoms with E-state index in [4.69, 9.17) is 18.7 Å². The first-order chi connectivity index (χ1) is 16.9. The van der Waals surface area contributed by atoms with E-state index in [1.54, 1.807) is 6.20 Å². The third-order valence-corrected chi connectivity index (χ3v) is 7.96. The molecule has 1 aliphatic heterocycles. The van der Waals surface area contributed by atoms with Gasteiger partial charge >= 0.3 is 0 Å². The van der Waals surface area contributed by atoms with Crippen LogP contribution in [0.2, 0.25) is 0 Å². The van der Waals surface area contributed by atoms with E-state index in [0.717, 1.165) is 30.4 Å². The summed E-state index contributed by atoms with van der Waals surface area (Å²) in [5.74, 6) is 0.612. The molecule has 1 fully saturated rings. The molecule has 1 spiro atoms. The molecular weight excluding hydrogens is 474 g/mol. The average Bonchev–Trinajstić information content (AvgIpc) is 3.21. The Morgan fingerprint density at radius 3 is 2.80 bits per heavy atom. The van der Waals surface area contributed by atoms with E-state index in [1.807, 2.05) is 23.0 Å². The smallest absolute Gasteiger partial charge is 0.272 e. The molecule has 4 heterocycles. The van der Waals surface area contributed by atoms with E-state index < -0.39 is 10.0 Å². The minimum atomic E-state index is -4.20. The first kappa shape index (κ1) is 21.7. The lowest BCUT2D eigenvalue weighted by atomic mass is 9.89. The SMILES string of the molecule is COc1ccnc(OC)c1S(=O)(=O)Nc1noc2cc(Cn3cccn3)c3c(c12)OCC1(CC1)C3. The molecule has 6 rings (SSSR count). The van der Waals surface area contributed by atoms with Crippen molar-refractivity contribution in [2.75, 3.05) is 25.5 Å². The molecule has 0 bridgehead atoms. The van der Waals surface area contributed by atoms with Crippen molar-refractivity contribution in [2.45, 2.75) is 30.7 Å². The van der Waals surface area contributed by atoms with Gasteiger partial charge in [-0.1, -0.05) is 5.16 Å². The van der Waals surface area contributed by atoms with E-state index in [-0.39, 0.29) is 27.8 Å². The van der Waals surface area contributed by atoms with Crippen LogP contribution in [-0.4, -0.2) is 49.2 Å². The molecule has 182 valence electrons. The van der Waals surface area contributed by atoms with Crippen molar-refractivity contribution in [3.8, 4) is 17.4 Å². The predicted octanol–water partition coefficient (Wildman–Crippen LogP) is 3.00. The number of hydrogen-bond donors (Lipinski definition) is 1. The molecule has 1 N–H and O–H groups in total. The van der Waals surface area contributed by atoms with E-state index in [9.17, 15) is 8.42 Å². The van der Waals surface area contributed by atoms with Crippen LogP contribution in [0.25, 0.3) is 11.0 Å². The first-order valence-electron chi connectivity index (χ1n) is 11.1. The molecule has 1 aliphatic carbocycles. The summed E-state index contributed by atoms with van der Waals surface area (Å²) < 4.78 is 53.5. The number of aromatic nitrogens is 4. The zero-order valence-corrected chi connectivity index (χ0v) is 20.0. The van der Waals surface area contributed by atoms with Gasteiger partial charge in [0.2, 0.25) is 5.88 Å². The van der Waals surface area contributed by atoms with Gasteiger partial charge in [0.15, 0.2) is 16.3 Å². The van der Waals surface area contributed by atoms with Crippen molar-refractivity contribution in [2.24, 2.45) is 5.41 Å². The summed E-state index contributed by atoms with van der Waals surface area (Å²) in [5, 5.41) is 8.84. The highest BCUT2D eigenvalue weighted by atomic mass is 32.2. The van der Waals surface area contributed by atoms with Crippen LogP contribution in [0.5, 0.6) is 17.4 Å². The number of fused-ring (bicyclic) bond motifs is 3. The number of ether oxygens (including phenoxy) is 3. The number of hydrogen-bond acceptors (Lipinski definition) is 9. The summed E-state index contributed by atoms with van der Waals surface area (Å²) in [5.41, 5.74) is 2.59. The largest absolute Gasteiger partial charge is 0.495 e. The minimum Gasteiger partial charge on any atom is -0.495 e.